The molecule has 1 rings (SSSR count). The van der Waals surface area contributed by atoms with Crippen LogP contribution in [-0.2, 0) is 57.1 Å². The zero-order valence-corrected chi connectivity index (χ0v) is 80.6. The molecular formula is C104H200N2O12. The molecule has 1 fully saturated rings. The molecule has 1 heterocycles. The minimum absolute atomic E-state index is 0.00588. The molecule has 0 radical (unpaired) electrons. The molecule has 1 saturated heterocycles. The molecule has 118 heavy (non-hydrogen) atoms. The molecule has 14 heteroatoms. The van der Waals surface area contributed by atoms with Crippen molar-refractivity contribution in [2.24, 2.45) is 29.6 Å². The lowest BCUT2D eigenvalue weighted by Gasteiger charge is -2.29. The molecule has 0 spiro atoms. The van der Waals surface area contributed by atoms with Gasteiger partial charge >= 0.3 is 29.8 Å². The second kappa shape index (κ2) is 82.5. The summed E-state index contributed by atoms with van der Waals surface area (Å²) >= 11 is 0. The smallest absolute Gasteiger partial charge is 0.306 e. The molecule has 0 amide bonds. The molecule has 0 N–H and O–H groups in total. The summed E-state index contributed by atoms with van der Waals surface area (Å²) in [7, 11) is 6.31. The largest absolute Gasteiger partial charge is 0.466 e. The number of esters is 5. The van der Waals surface area contributed by atoms with Crippen LogP contribution in [0.4, 0.5) is 0 Å². The minimum Gasteiger partial charge on any atom is -0.466 e. The number of carbonyl (C=O) groups excluding carboxylic acids is 5. The van der Waals surface area contributed by atoms with Gasteiger partial charge in [0, 0.05) is 57.5 Å². The molecule has 0 aromatic carbocycles. The van der Waals surface area contributed by atoms with E-state index in [9.17, 15) is 24.0 Å². The minimum atomic E-state index is -0.454. The van der Waals surface area contributed by atoms with Gasteiger partial charge in [0.05, 0.1) is 39.1 Å². The lowest BCUT2D eigenvalue weighted by atomic mass is 9.79. The molecule has 0 saturated carbocycles. The maximum atomic E-state index is 13.6. The molecule has 1 aliphatic rings. The average molecular weight is 1670 g/mol. The number of ether oxygens (including phenoxy) is 7. The molecule has 0 aliphatic carbocycles. The Labute approximate surface area is 731 Å². The number of hydrogen-bond donors (Lipinski definition) is 0. The zero-order chi connectivity index (χ0) is 86.3. The van der Waals surface area contributed by atoms with E-state index in [1.54, 1.807) is 0 Å². The van der Waals surface area contributed by atoms with Crippen molar-refractivity contribution < 1.29 is 57.1 Å². The van der Waals surface area contributed by atoms with E-state index < -0.39 is 5.79 Å². The van der Waals surface area contributed by atoms with E-state index in [0.29, 0.717) is 101 Å². The lowest BCUT2D eigenvalue weighted by Crippen LogP contribution is -2.33. The van der Waals surface area contributed by atoms with Gasteiger partial charge in [-0.2, -0.15) is 0 Å². The predicted molar refractivity (Wildman–Crippen MR) is 499 cm³/mol. The molecule has 14 nitrogen and oxygen atoms in total. The topological polar surface area (TPSA) is 156 Å². The Balaban J connectivity index is 2.46. The van der Waals surface area contributed by atoms with Gasteiger partial charge in [0.15, 0.2) is 5.79 Å². The number of unbranched alkanes of at least 4 members (excludes halogenated alkanes) is 37. The fourth-order valence-corrected chi connectivity index (χ4v) is 17.9. The van der Waals surface area contributed by atoms with Gasteiger partial charge in [-0.3, -0.25) is 24.0 Å². The van der Waals surface area contributed by atoms with Gasteiger partial charge in [0.2, 0.25) is 0 Å². The molecular weight excluding hydrogens is 1470 g/mol. The van der Waals surface area contributed by atoms with Gasteiger partial charge < -0.3 is 43.0 Å². The third kappa shape index (κ3) is 69.5. The summed E-state index contributed by atoms with van der Waals surface area (Å²) in [4.78, 5) is 69.2. The van der Waals surface area contributed by atoms with Gasteiger partial charge in [0.1, 0.15) is 6.10 Å². The van der Waals surface area contributed by atoms with Crippen molar-refractivity contribution in [1.29, 1.82) is 0 Å². The van der Waals surface area contributed by atoms with E-state index in [1.165, 1.54) is 270 Å². The number of carbonyl (C=O) groups is 5. The Morgan fingerprint density at radius 1 is 0.322 bits per heavy atom. The fraction of sp³-hybridized carbons (Fsp3) is 0.952. The van der Waals surface area contributed by atoms with E-state index in [4.69, 9.17) is 33.2 Å². The standard InChI is InChI=1S/C104H200N2O12/c1-13-20-49-67-94(68-50-21-14-2)88-102(110)112-84-60-47-39-29-27-33-41-52-72-97(117-101(109)76-62-82-105(10)11)73-53-42-34-28-30-40-48-61-85-113-103(111)89-96(71-51-22-15-3)95(69-26-19-7)70-57-56-66-93(65-25-18-6)79-87-115-100(108)75-55-44-36-32-38-46-59-81-104(116-90-98(118-104)77-83-106(12)91(8)9)80-58-45-37-31-35-43-54-74-99(107)114-86-78-92(63-23-16-4)64-24-17-5/h91-98H,13-90H2,1-12H3. The first-order chi connectivity index (χ1) is 57.5. The van der Waals surface area contributed by atoms with Crippen molar-refractivity contribution in [3.05, 3.63) is 0 Å². The third-order valence-electron chi connectivity index (χ3n) is 26.1. The zero-order valence-electron chi connectivity index (χ0n) is 80.6. The van der Waals surface area contributed by atoms with E-state index in [2.05, 4.69) is 93.3 Å². The first-order valence-electron chi connectivity index (χ1n) is 51.9. The normalized spacial score (nSPS) is 15.4. The van der Waals surface area contributed by atoms with Crippen LogP contribution in [0.25, 0.3) is 0 Å². The number of nitrogens with zero attached hydrogens (tertiary/aromatic N) is 2. The van der Waals surface area contributed by atoms with Gasteiger partial charge in [-0.1, -0.05) is 350 Å². The van der Waals surface area contributed by atoms with E-state index in [1.807, 2.05) is 0 Å². The van der Waals surface area contributed by atoms with E-state index in [0.717, 1.165) is 167 Å². The van der Waals surface area contributed by atoms with Crippen LogP contribution in [0.2, 0.25) is 0 Å². The van der Waals surface area contributed by atoms with Crippen molar-refractivity contribution in [2.45, 2.75) is 542 Å². The highest BCUT2D eigenvalue weighted by atomic mass is 16.7. The second-order valence-corrected chi connectivity index (χ2v) is 37.9. The molecule has 0 aromatic heterocycles. The highest BCUT2D eigenvalue weighted by molar-refractivity contribution is 5.71. The Bertz CT molecular complexity index is 2210. The lowest BCUT2D eigenvalue weighted by molar-refractivity contribution is -0.180. The second-order valence-electron chi connectivity index (χ2n) is 37.9. The highest BCUT2D eigenvalue weighted by Gasteiger charge is 2.40. The predicted octanol–water partition coefficient (Wildman–Crippen LogP) is 30.0. The summed E-state index contributed by atoms with van der Waals surface area (Å²) < 4.78 is 42.9. The Morgan fingerprint density at radius 2 is 0.661 bits per heavy atom. The number of rotatable bonds is 91. The van der Waals surface area contributed by atoms with Crippen LogP contribution in [-0.4, -0.2) is 131 Å². The fourth-order valence-electron chi connectivity index (χ4n) is 17.9. The van der Waals surface area contributed by atoms with Crippen molar-refractivity contribution in [3.8, 4) is 0 Å². The summed E-state index contributed by atoms with van der Waals surface area (Å²) in [6.45, 7) is 25.2. The van der Waals surface area contributed by atoms with Crippen LogP contribution in [0.15, 0.2) is 0 Å². The van der Waals surface area contributed by atoms with Crippen LogP contribution in [0.5, 0.6) is 0 Å². The van der Waals surface area contributed by atoms with Crippen LogP contribution < -0.4 is 0 Å². The Hall–Kier alpha value is -2.81. The summed E-state index contributed by atoms with van der Waals surface area (Å²) in [6.07, 6.45) is 78.5. The van der Waals surface area contributed by atoms with Crippen LogP contribution in [0, 0.1) is 29.6 Å². The summed E-state index contributed by atoms with van der Waals surface area (Å²) in [6, 6.07) is 0.516. The molecule has 1 aliphatic heterocycles. The van der Waals surface area contributed by atoms with Gasteiger partial charge in [-0.25, -0.2) is 0 Å². The SMILES string of the molecule is CCCCCC(CCCCC)CC(=O)OCCCCCCCCCCC(CCCCCCCCCCOC(=O)CC(CCCCC)C(CCCC)CCCCC(CCCC)CCOC(=O)CCCCCCCCCC1(CCCCCCCCCC(=O)OCCC(CCCC)CCCC)OCC(CCN(C)C(C)C)O1)OC(=O)CCCN(C)C. The monoisotopic (exact) mass is 1670 g/mol. The molecule has 0 bridgehead atoms. The van der Waals surface area contributed by atoms with Crippen LogP contribution in [0.1, 0.15) is 518 Å². The first kappa shape index (κ1) is 113. The molecule has 698 valence electrons. The van der Waals surface area contributed by atoms with Crippen molar-refractivity contribution in [1.82, 2.24) is 9.80 Å². The van der Waals surface area contributed by atoms with Gasteiger partial charge in [-0.15, -0.1) is 0 Å². The quantitative estimate of drug-likeness (QED) is 0.0322. The van der Waals surface area contributed by atoms with Gasteiger partial charge in [-0.05, 0) is 180 Å². The average Bonchev–Trinajstić information content (AvgIpc) is 1.69. The molecule has 6 unspecified atom stereocenters. The van der Waals surface area contributed by atoms with Crippen molar-refractivity contribution in [3.63, 3.8) is 0 Å². The highest BCUT2D eigenvalue weighted by Crippen LogP contribution is 2.37. The first-order valence-corrected chi connectivity index (χ1v) is 51.9. The third-order valence-corrected chi connectivity index (χ3v) is 26.1. The van der Waals surface area contributed by atoms with E-state index in [-0.39, 0.29) is 42.1 Å². The molecule has 0 aromatic rings. The van der Waals surface area contributed by atoms with Crippen molar-refractivity contribution in [2.75, 3.05) is 67.3 Å². The van der Waals surface area contributed by atoms with Crippen LogP contribution in [0.3, 0.4) is 0 Å². The summed E-state index contributed by atoms with van der Waals surface area (Å²) in [5.74, 6) is 2.18. The van der Waals surface area contributed by atoms with Gasteiger partial charge in [0.25, 0.3) is 0 Å². The maximum absolute atomic E-state index is 13.6. The van der Waals surface area contributed by atoms with Crippen molar-refractivity contribution >= 4 is 29.8 Å². The van der Waals surface area contributed by atoms with Crippen LogP contribution >= 0.6 is 0 Å². The van der Waals surface area contributed by atoms with E-state index >= 15 is 0 Å². The summed E-state index contributed by atoms with van der Waals surface area (Å²) in [5.41, 5.74) is 0. The maximum Gasteiger partial charge on any atom is 0.306 e. The molecule has 6 atom stereocenters. The summed E-state index contributed by atoms with van der Waals surface area (Å²) in [5, 5.41) is 0. The number of hydrogen-bond acceptors (Lipinski definition) is 14. The Kier molecular flexibility index (Phi) is 79.1. The Morgan fingerprint density at radius 3 is 1.11 bits per heavy atom.